The molecule has 0 radical (unpaired) electrons. The van der Waals surface area contributed by atoms with Crippen molar-refractivity contribution in [2.24, 2.45) is 0 Å². The maximum atomic E-state index is 11.3. The summed E-state index contributed by atoms with van der Waals surface area (Å²) in [5, 5.41) is 10.4. The second-order valence-corrected chi connectivity index (χ2v) is 5.21. The van der Waals surface area contributed by atoms with Gasteiger partial charge < -0.3 is 9.67 Å². The topological polar surface area (TPSA) is 42.2 Å². The van der Waals surface area contributed by atoms with E-state index in [1.165, 1.54) is 5.56 Å². The molecule has 0 fully saturated rings. The number of carbonyl (C=O) groups is 1. The Morgan fingerprint density at radius 3 is 2.59 bits per heavy atom. The lowest BCUT2D eigenvalue weighted by molar-refractivity contribution is -0.130. The van der Waals surface area contributed by atoms with Crippen molar-refractivity contribution < 1.29 is 9.90 Å². The van der Waals surface area contributed by atoms with Gasteiger partial charge in [-0.1, -0.05) is 48.5 Å². The Morgan fingerprint density at radius 2 is 1.91 bits per heavy atom. The molecule has 0 aliphatic rings. The summed E-state index contributed by atoms with van der Waals surface area (Å²) in [5.74, 6) is -0.900. The second kappa shape index (κ2) is 5.90. The van der Waals surface area contributed by atoms with Crippen molar-refractivity contribution in [1.82, 2.24) is 4.57 Å². The Labute approximate surface area is 129 Å². The standard InChI is InChI=1S/C19H17NO2/c1-2-17(19(21)22)16-9-8-15-10-11-20(18(15)12-16)13-14-6-4-3-5-7-14/h2-12H,13H2,1H3,(H,21,22). The van der Waals surface area contributed by atoms with Crippen LogP contribution >= 0.6 is 0 Å². The molecule has 22 heavy (non-hydrogen) atoms. The lowest BCUT2D eigenvalue weighted by Gasteiger charge is -2.08. The molecule has 0 saturated carbocycles. The number of fused-ring (bicyclic) bond motifs is 1. The summed E-state index contributed by atoms with van der Waals surface area (Å²) in [7, 11) is 0. The van der Waals surface area contributed by atoms with Gasteiger partial charge in [-0.15, -0.1) is 0 Å². The third kappa shape index (κ3) is 2.66. The average molecular weight is 291 g/mol. The lowest BCUT2D eigenvalue weighted by Crippen LogP contribution is -2.01. The van der Waals surface area contributed by atoms with E-state index in [1.54, 1.807) is 13.0 Å². The maximum absolute atomic E-state index is 11.3. The molecule has 110 valence electrons. The summed E-state index contributed by atoms with van der Waals surface area (Å²) >= 11 is 0. The van der Waals surface area contributed by atoms with Crippen LogP contribution in [0.4, 0.5) is 0 Å². The summed E-state index contributed by atoms with van der Waals surface area (Å²) < 4.78 is 2.14. The number of aliphatic carboxylic acids is 1. The van der Waals surface area contributed by atoms with Gasteiger partial charge in [-0.05, 0) is 35.6 Å². The minimum absolute atomic E-state index is 0.328. The summed E-state index contributed by atoms with van der Waals surface area (Å²) in [4.78, 5) is 11.3. The van der Waals surface area contributed by atoms with E-state index in [4.69, 9.17) is 0 Å². The molecule has 0 amide bonds. The Morgan fingerprint density at radius 1 is 1.14 bits per heavy atom. The van der Waals surface area contributed by atoms with Crippen molar-refractivity contribution in [3.8, 4) is 0 Å². The Balaban J connectivity index is 2.04. The summed E-state index contributed by atoms with van der Waals surface area (Å²) in [6, 6.07) is 18.1. The van der Waals surface area contributed by atoms with E-state index in [-0.39, 0.29) is 0 Å². The molecule has 1 heterocycles. The van der Waals surface area contributed by atoms with Gasteiger partial charge in [-0.25, -0.2) is 4.79 Å². The summed E-state index contributed by atoms with van der Waals surface area (Å²) in [5.41, 5.74) is 3.32. The molecular weight excluding hydrogens is 274 g/mol. The minimum atomic E-state index is -0.900. The number of rotatable bonds is 4. The van der Waals surface area contributed by atoms with Crippen LogP contribution in [0.25, 0.3) is 16.5 Å². The summed E-state index contributed by atoms with van der Waals surface area (Å²) in [6.45, 7) is 2.52. The monoisotopic (exact) mass is 291 g/mol. The third-order valence-electron chi connectivity index (χ3n) is 3.80. The predicted octanol–water partition coefficient (Wildman–Crippen LogP) is 4.18. The molecule has 3 heteroatoms. The average Bonchev–Trinajstić information content (AvgIpc) is 2.91. The first-order chi connectivity index (χ1) is 10.7. The van der Waals surface area contributed by atoms with Crippen molar-refractivity contribution in [3.63, 3.8) is 0 Å². The number of hydrogen-bond acceptors (Lipinski definition) is 1. The first-order valence-corrected chi connectivity index (χ1v) is 7.22. The van der Waals surface area contributed by atoms with Gasteiger partial charge in [0.15, 0.2) is 0 Å². The molecule has 0 spiro atoms. The van der Waals surface area contributed by atoms with Gasteiger partial charge in [0.25, 0.3) is 0 Å². The maximum Gasteiger partial charge on any atom is 0.335 e. The molecule has 1 N–H and O–H groups in total. The predicted molar refractivity (Wildman–Crippen MR) is 88.8 cm³/mol. The molecule has 0 aliphatic carbocycles. The van der Waals surface area contributed by atoms with E-state index in [1.807, 2.05) is 42.6 Å². The van der Waals surface area contributed by atoms with Crippen LogP contribution in [0.3, 0.4) is 0 Å². The van der Waals surface area contributed by atoms with Crippen LogP contribution < -0.4 is 0 Å². The number of nitrogens with zero attached hydrogens (tertiary/aromatic N) is 1. The van der Waals surface area contributed by atoms with Crippen LogP contribution in [0, 0.1) is 0 Å². The van der Waals surface area contributed by atoms with E-state index >= 15 is 0 Å². The van der Waals surface area contributed by atoms with Crippen LogP contribution in [0.1, 0.15) is 18.1 Å². The van der Waals surface area contributed by atoms with Crippen LogP contribution in [-0.4, -0.2) is 15.6 Å². The molecular formula is C19H17NO2. The fourth-order valence-corrected chi connectivity index (χ4v) is 2.68. The minimum Gasteiger partial charge on any atom is -0.478 e. The van der Waals surface area contributed by atoms with Crippen LogP contribution in [0.15, 0.2) is 66.9 Å². The SMILES string of the molecule is CC=C(C(=O)O)c1ccc2ccn(Cc3ccccc3)c2c1. The fraction of sp³-hybridized carbons (Fsp3) is 0.105. The molecule has 0 unspecified atom stereocenters. The van der Waals surface area contributed by atoms with Gasteiger partial charge in [0.05, 0.1) is 5.57 Å². The highest BCUT2D eigenvalue weighted by atomic mass is 16.4. The molecule has 0 aliphatic heterocycles. The number of carboxylic acids is 1. The van der Waals surface area contributed by atoms with E-state index in [9.17, 15) is 9.90 Å². The molecule has 3 aromatic rings. The van der Waals surface area contributed by atoms with Crippen molar-refractivity contribution in [1.29, 1.82) is 0 Å². The summed E-state index contributed by atoms with van der Waals surface area (Å²) in [6.07, 6.45) is 3.67. The van der Waals surface area contributed by atoms with E-state index < -0.39 is 5.97 Å². The fourth-order valence-electron chi connectivity index (χ4n) is 2.68. The number of hydrogen-bond donors (Lipinski definition) is 1. The molecule has 0 bridgehead atoms. The number of aromatic nitrogens is 1. The zero-order valence-electron chi connectivity index (χ0n) is 12.4. The Hall–Kier alpha value is -2.81. The van der Waals surface area contributed by atoms with Crippen molar-refractivity contribution >= 4 is 22.4 Å². The van der Waals surface area contributed by atoms with Gasteiger partial charge in [0.2, 0.25) is 0 Å². The first-order valence-electron chi connectivity index (χ1n) is 7.22. The third-order valence-corrected chi connectivity index (χ3v) is 3.80. The highest BCUT2D eigenvalue weighted by Crippen LogP contribution is 2.23. The molecule has 0 atom stereocenters. The van der Waals surface area contributed by atoms with E-state index in [2.05, 4.69) is 22.8 Å². The van der Waals surface area contributed by atoms with Gasteiger partial charge in [0, 0.05) is 18.3 Å². The molecule has 2 aromatic carbocycles. The number of carboxylic acid groups (broad SMARTS) is 1. The van der Waals surface area contributed by atoms with Gasteiger partial charge in [-0.2, -0.15) is 0 Å². The molecule has 3 nitrogen and oxygen atoms in total. The Bertz CT molecular complexity index is 844. The van der Waals surface area contributed by atoms with Crippen molar-refractivity contribution in [3.05, 3.63) is 78.0 Å². The van der Waals surface area contributed by atoms with Gasteiger partial charge in [-0.3, -0.25) is 0 Å². The second-order valence-electron chi connectivity index (χ2n) is 5.21. The smallest absolute Gasteiger partial charge is 0.335 e. The zero-order valence-corrected chi connectivity index (χ0v) is 12.4. The molecule has 0 saturated heterocycles. The van der Waals surface area contributed by atoms with Crippen molar-refractivity contribution in [2.75, 3.05) is 0 Å². The highest BCUT2D eigenvalue weighted by molar-refractivity contribution is 6.15. The van der Waals surface area contributed by atoms with Crippen molar-refractivity contribution in [2.45, 2.75) is 13.5 Å². The molecule has 1 aromatic heterocycles. The lowest BCUT2D eigenvalue weighted by atomic mass is 10.0. The Kier molecular flexibility index (Phi) is 3.79. The quantitative estimate of drug-likeness (QED) is 0.733. The van der Waals surface area contributed by atoms with Gasteiger partial charge in [0.1, 0.15) is 0 Å². The largest absolute Gasteiger partial charge is 0.478 e. The van der Waals surface area contributed by atoms with Crippen LogP contribution in [0.2, 0.25) is 0 Å². The number of benzene rings is 2. The van der Waals surface area contributed by atoms with E-state index in [0.29, 0.717) is 5.57 Å². The zero-order chi connectivity index (χ0) is 15.5. The normalized spacial score (nSPS) is 11.8. The first kappa shape index (κ1) is 14.1. The van der Waals surface area contributed by atoms with Gasteiger partial charge >= 0.3 is 5.97 Å². The molecule has 3 rings (SSSR count). The number of allylic oxidation sites excluding steroid dienone is 1. The van der Waals surface area contributed by atoms with Crippen LogP contribution in [0.5, 0.6) is 0 Å². The van der Waals surface area contributed by atoms with Crippen LogP contribution in [-0.2, 0) is 11.3 Å². The highest BCUT2D eigenvalue weighted by Gasteiger charge is 2.11. The van der Waals surface area contributed by atoms with E-state index in [0.717, 1.165) is 23.0 Å².